The number of aryl methyl sites for hydroxylation is 1. The first-order valence-corrected chi connectivity index (χ1v) is 6.61. The summed E-state index contributed by atoms with van der Waals surface area (Å²) in [6.07, 6.45) is 7.75. The largest absolute Gasteiger partial charge is 0.315 e. The van der Waals surface area contributed by atoms with Crippen LogP contribution in [0.25, 0.3) is 0 Å². The van der Waals surface area contributed by atoms with Gasteiger partial charge in [-0.25, -0.2) is 4.98 Å². The van der Waals surface area contributed by atoms with Crippen molar-refractivity contribution in [1.82, 2.24) is 25.4 Å². The molecule has 1 fully saturated rings. The molecule has 0 amide bonds. The van der Waals surface area contributed by atoms with Crippen LogP contribution in [-0.2, 0) is 6.42 Å². The van der Waals surface area contributed by atoms with Gasteiger partial charge in [-0.1, -0.05) is 6.42 Å². The Kier molecular flexibility index (Phi) is 4.94. The maximum atomic E-state index is 4.11. The molecule has 0 saturated carbocycles. The third-order valence-electron chi connectivity index (χ3n) is 3.53. The zero-order valence-corrected chi connectivity index (χ0v) is 10.7. The Morgan fingerprint density at radius 3 is 3.24 bits per heavy atom. The van der Waals surface area contributed by atoms with Gasteiger partial charge in [-0.2, -0.15) is 5.10 Å². The van der Waals surface area contributed by atoms with E-state index in [1.54, 1.807) is 6.33 Å². The van der Waals surface area contributed by atoms with Gasteiger partial charge < -0.3 is 10.2 Å². The molecule has 1 aromatic heterocycles. The number of aromatic nitrogens is 3. The minimum absolute atomic E-state index is 0.731. The van der Waals surface area contributed by atoms with E-state index in [1.807, 2.05) is 0 Å². The summed E-state index contributed by atoms with van der Waals surface area (Å²) in [4.78, 5) is 6.59. The van der Waals surface area contributed by atoms with Crippen LogP contribution in [0.4, 0.5) is 0 Å². The minimum Gasteiger partial charge on any atom is -0.315 e. The highest BCUT2D eigenvalue weighted by Gasteiger charge is 2.17. The van der Waals surface area contributed by atoms with Gasteiger partial charge in [0, 0.05) is 19.0 Å². The lowest BCUT2D eigenvalue weighted by atomic mass is 10.0. The molecule has 2 N–H and O–H groups in total. The molecule has 0 aliphatic carbocycles. The van der Waals surface area contributed by atoms with Crippen LogP contribution in [-0.4, -0.2) is 52.8 Å². The highest BCUT2D eigenvalue weighted by atomic mass is 15.2. The smallest absolute Gasteiger partial charge is 0.137 e. The van der Waals surface area contributed by atoms with E-state index in [-0.39, 0.29) is 0 Å². The Hall–Kier alpha value is -0.940. The fourth-order valence-corrected chi connectivity index (χ4v) is 2.40. The van der Waals surface area contributed by atoms with Crippen molar-refractivity contribution in [1.29, 1.82) is 0 Å². The Labute approximate surface area is 103 Å². The van der Waals surface area contributed by atoms with Crippen molar-refractivity contribution >= 4 is 0 Å². The van der Waals surface area contributed by atoms with Crippen molar-refractivity contribution < 1.29 is 0 Å². The van der Waals surface area contributed by atoms with Crippen LogP contribution in [0.15, 0.2) is 6.33 Å². The number of hydrogen-bond donors (Lipinski definition) is 2. The van der Waals surface area contributed by atoms with Gasteiger partial charge in [-0.05, 0) is 39.4 Å². The first-order chi connectivity index (χ1) is 8.36. The molecule has 96 valence electrons. The van der Waals surface area contributed by atoms with Crippen molar-refractivity contribution in [3.05, 3.63) is 12.2 Å². The maximum absolute atomic E-state index is 4.11. The zero-order valence-electron chi connectivity index (χ0n) is 10.7. The number of nitrogens with zero attached hydrogens (tertiary/aromatic N) is 3. The molecule has 0 radical (unpaired) electrons. The second-order valence-corrected chi connectivity index (χ2v) is 4.87. The number of likely N-dealkylation sites (tertiary alicyclic amines) is 1. The lowest BCUT2D eigenvalue weighted by Gasteiger charge is -2.32. The lowest BCUT2D eigenvalue weighted by molar-refractivity contribution is 0.182. The van der Waals surface area contributed by atoms with Gasteiger partial charge in [-0.3, -0.25) is 5.10 Å². The van der Waals surface area contributed by atoms with Crippen LogP contribution in [0.3, 0.4) is 0 Å². The number of aromatic amines is 1. The van der Waals surface area contributed by atoms with Crippen molar-refractivity contribution in [2.24, 2.45) is 0 Å². The molecule has 0 spiro atoms. The van der Waals surface area contributed by atoms with E-state index in [4.69, 9.17) is 0 Å². The molecule has 0 aromatic carbocycles. The van der Waals surface area contributed by atoms with Crippen LogP contribution in [0.1, 0.15) is 31.5 Å². The molecule has 1 aliphatic rings. The summed E-state index contributed by atoms with van der Waals surface area (Å²) < 4.78 is 0. The first-order valence-electron chi connectivity index (χ1n) is 6.61. The predicted molar refractivity (Wildman–Crippen MR) is 67.8 cm³/mol. The van der Waals surface area contributed by atoms with E-state index < -0.39 is 0 Å². The Morgan fingerprint density at radius 1 is 1.53 bits per heavy atom. The summed E-state index contributed by atoms with van der Waals surface area (Å²) >= 11 is 0. The van der Waals surface area contributed by atoms with Crippen LogP contribution < -0.4 is 5.32 Å². The summed E-state index contributed by atoms with van der Waals surface area (Å²) in [5.41, 5.74) is 0. The van der Waals surface area contributed by atoms with Gasteiger partial charge in [0.2, 0.25) is 0 Å². The van der Waals surface area contributed by atoms with Crippen molar-refractivity contribution in [3.63, 3.8) is 0 Å². The zero-order chi connectivity index (χ0) is 11.9. The van der Waals surface area contributed by atoms with Crippen molar-refractivity contribution in [3.8, 4) is 0 Å². The summed E-state index contributed by atoms with van der Waals surface area (Å²) in [6.45, 7) is 3.43. The summed E-state index contributed by atoms with van der Waals surface area (Å²) in [7, 11) is 2.24. The molecule has 5 heteroatoms. The third-order valence-corrected chi connectivity index (χ3v) is 3.53. The van der Waals surface area contributed by atoms with Gasteiger partial charge in [-0.15, -0.1) is 0 Å². The lowest BCUT2D eigenvalue weighted by Crippen LogP contribution is -2.43. The number of piperidine rings is 1. The Balaban J connectivity index is 1.53. The van der Waals surface area contributed by atoms with Gasteiger partial charge in [0.05, 0.1) is 0 Å². The molecule has 1 aliphatic heterocycles. The van der Waals surface area contributed by atoms with Crippen LogP contribution >= 0.6 is 0 Å². The van der Waals surface area contributed by atoms with Crippen LogP contribution in [0.5, 0.6) is 0 Å². The van der Waals surface area contributed by atoms with E-state index in [2.05, 4.69) is 32.4 Å². The SMILES string of the molecule is CN1CCCCC1CNCCCc1ncn[nH]1. The van der Waals surface area contributed by atoms with Gasteiger partial charge in [0.15, 0.2) is 0 Å². The Bertz CT molecular complexity index is 298. The number of nitrogens with one attached hydrogen (secondary N) is 2. The molecule has 5 nitrogen and oxygen atoms in total. The molecule has 0 bridgehead atoms. The second kappa shape index (κ2) is 6.71. The molecular weight excluding hydrogens is 214 g/mol. The van der Waals surface area contributed by atoms with E-state index in [0.29, 0.717) is 0 Å². The van der Waals surface area contributed by atoms with Crippen LogP contribution in [0.2, 0.25) is 0 Å². The monoisotopic (exact) mass is 237 g/mol. The van der Waals surface area contributed by atoms with Gasteiger partial charge in [0.1, 0.15) is 12.2 Å². The summed E-state index contributed by atoms with van der Waals surface area (Å²) in [6, 6.07) is 0.731. The number of rotatable bonds is 6. The molecule has 1 saturated heterocycles. The average molecular weight is 237 g/mol. The maximum Gasteiger partial charge on any atom is 0.137 e. The highest BCUT2D eigenvalue weighted by Crippen LogP contribution is 2.13. The fraction of sp³-hybridized carbons (Fsp3) is 0.833. The second-order valence-electron chi connectivity index (χ2n) is 4.87. The normalized spacial score (nSPS) is 21.8. The Morgan fingerprint density at radius 2 is 2.47 bits per heavy atom. The molecule has 1 unspecified atom stereocenters. The van der Waals surface area contributed by atoms with Crippen LogP contribution in [0, 0.1) is 0 Å². The minimum atomic E-state index is 0.731. The number of H-pyrrole nitrogens is 1. The molecule has 1 atom stereocenters. The quantitative estimate of drug-likeness (QED) is 0.719. The number of hydrogen-bond acceptors (Lipinski definition) is 4. The number of likely N-dealkylation sites (N-methyl/N-ethyl adjacent to an activating group) is 1. The molecular formula is C12H23N5. The van der Waals surface area contributed by atoms with Gasteiger partial charge >= 0.3 is 0 Å². The molecule has 2 heterocycles. The molecule has 17 heavy (non-hydrogen) atoms. The third kappa shape index (κ3) is 4.09. The standard InChI is InChI=1S/C12H23N5/c1-17-8-3-2-5-11(17)9-13-7-4-6-12-14-10-15-16-12/h10-11,13H,2-9H2,1H3,(H,14,15,16). The predicted octanol–water partition coefficient (Wildman–Crippen LogP) is 0.811. The molecule has 1 aromatic rings. The topological polar surface area (TPSA) is 56.8 Å². The summed E-state index contributed by atoms with van der Waals surface area (Å²) in [5.74, 6) is 0.988. The van der Waals surface area contributed by atoms with E-state index in [9.17, 15) is 0 Å². The summed E-state index contributed by atoms with van der Waals surface area (Å²) in [5, 5.41) is 10.3. The van der Waals surface area contributed by atoms with Gasteiger partial charge in [0.25, 0.3) is 0 Å². The first kappa shape index (κ1) is 12.5. The highest BCUT2D eigenvalue weighted by molar-refractivity contribution is 4.80. The molecule has 2 rings (SSSR count). The van der Waals surface area contributed by atoms with E-state index in [1.165, 1.54) is 25.8 Å². The fourth-order valence-electron chi connectivity index (χ4n) is 2.40. The van der Waals surface area contributed by atoms with E-state index in [0.717, 1.165) is 37.8 Å². The average Bonchev–Trinajstić information content (AvgIpc) is 2.84. The van der Waals surface area contributed by atoms with E-state index >= 15 is 0 Å². The van der Waals surface area contributed by atoms with Crippen molar-refractivity contribution in [2.75, 3.05) is 26.7 Å². The van der Waals surface area contributed by atoms with Crippen molar-refractivity contribution in [2.45, 2.75) is 38.1 Å².